The number of aromatic amines is 1. The van der Waals surface area contributed by atoms with Gasteiger partial charge in [-0.05, 0) is 25.7 Å². The summed E-state index contributed by atoms with van der Waals surface area (Å²) in [5.41, 5.74) is 7.48. The molecule has 3 N–H and O–H groups in total. The number of nitrogen functional groups attached to an aromatic ring is 1. The van der Waals surface area contributed by atoms with Gasteiger partial charge in [-0.15, -0.1) is 0 Å². The van der Waals surface area contributed by atoms with Crippen molar-refractivity contribution < 1.29 is 4.79 Å². The molecule has 0 aromatic carbocycles. The summed E-state index contributed by atoms with van der Waals surface area (Å²) < 4.78 is 0. The lowest BCUT2D eigenvalue weighted by Crippen LogP contribution is -2.42. The van der Waals surface area contributed by atoms with Crippen molar-refractivity contribution in [2.45, 2.75) is 53.5 Å². The molecule has 0 bridgehead atoms. The van der Waals surface area contributed by atoms with E-state index < -0.39 is 0 Å². The van der Waals surface area contributed by atoms with E-state index in [-0.39, 0.29) is 11.9 Å². The van der Waals surface area contributed by atoms with Gasteiger partial charge in [0, 0.05) is 12.6 Å². The van der Waals surface area contributed by atoms with E-state index in [9.17, 15) is 4.79 Å². The molecule has 5 nitrogen and oxygen atoms in total. The number of rotatable bonds is 6. The van der Waals surface area contributed by atoms with Crippen molar-refractivity contribution in [1.82, 2.24) is 15.1 Å². The molecule has 0 atom stereocenters. The molecule has 1 amide bonds. The number of carbonyl (C=O) groups excluding carboxylic acids is 1. The summed E-state index contributed by atoms with van der Waals surface area (Å²) in [5, 5.41) is 6.83. The number of anilines is 1. The van der Waals surface area contributed by atoms with Crippen LogP contribution in [0.4, 0.5) is 5.69 Å². The summed E-state index contributed by atoms with van der Waals surface area (Å²) >= 11 is 0. The number of nitrogens with zero attached hydrogens (tertiary/aromatic N) is 2. The van der Waals surface area contributed by atoms with Gasteiger partial charge >= 0.3 is 0 Å². The van der Waals surface area contributed by atoms with Crippen molar-refractivity contribution in [3.05, 3.63) is 11.4 Å². The van der Waals surface area contributed by atoms with Crippen LogP contribution in [0.5, 0.6) is 0 Å². The third kappa shape index (κ3) is 3.49. The maximum atomic E-state index is 12.6. The number of hydrogen-bond acceptors (Lipinski definition) is 3. The Morgan fingerprint density at radius 2 is 1.95 bits per heavy atom. The fourth-order valence-electron chi connectivity index (χ4n) is 2.26. The second-order valence-corrected chi connectivity index (χ2v) is 5.43. The molecule has 5 heteroatoms. The Morgan fingerprint density at radius 3 is 2.32 bits per heavy atom. The molecule has 0 aliphatic rings. The van der Waals surface area contributed by atoms with Crippen LogP contribution in [0.2, 0.25) is 0 Å². The molecule has 0 saturated carbocycles. The largest absolute Gasteiger partial charge is 0.395 e. The molecule has 0 spiro atoms. The van der Waals surface area contributed by atoms with Gasteiger partial charge in [0.05, 0.1) is 11.4 Å². The van der Waals surface area contributed by atoms with Crippen LogP contribution in [0.15, 0.2) is 0 Å². The first kappa shape index (κ1) is 15.5. The highest BCUT2D eigenvalue weighted by atomic mass is 16.2. The van der Waals surface area contributed by atoms with E-state index in [4.69, 9.17) is 5.73 Å². The summed E-state index contributed by atoms with van der Waals surface area (Å²) in [6.45, 7) is 11.0. The van der Waals surface area contributed by atoms with Gasteiger partial charge in [0.15, 0.2) is 5.69 Å². The third-order valence-electron chi connectivity index (χ3n) is 3.40. The molecule has 0 aliphatic carbocycles. The van der Waals surface area contributed by atoms with E-state index in [2.05, 4.69) is 37.9 Å². The van der Waals surface area contributed by atoms with E-state index >= 15 is 0 Å². The highest BCUT2D eigenvalue weighted by Gasteiger charge is 2.26. The molecule has 0 fully saturated rings. The van der Waals surface area contributed by atoms with Gasteiger partial charge in [-0.25, -0.2) is 0 Å². The summed E-state index contributed by atoms with van der Waals surface area (Å²) in [7, 11) is 0. The standard InChI is InChI=1S/C14H26N4O/c1-6-11(7-2)18(8-9(3)4)14(19)13-12(15)10(5)16-17-13/h9,11H,6-8,15H2,1-5H3,(H,16,17). The lowest BCUT2D eigenvalue weighted by molar-refractivity contribution is 0.0635. The van der Waals surface area contributed by atoms with Crippen LogP contribution in [-0.4, -0.2) is 33.6 Å². The van der Waals surface area contributed by atoms with Gasteiger partial charge in [-0.1, -0.05) is 27.7 Å². The highest BCUT2D eigenvalue weighted by Crippen LogP contribution is 2.19. The van der Waals surface area contributed by atoms with E-state index in [0.29, 0.717) is 17.3 Å². The van der Waals surface area contributed by atoms with Crippen LogP contribution in [-0.2, 0) is 0 Å². The smallest absolute Gasteiger partial charge is 0.276 e. The first-order chi connectivity index (χ1) is 8.92. The summed E-state index contributed by atoms with van der Waals surface area (Å²) in [4.78, 5) is 14.6. The van der Waals surface area contributed by atoms with Crippen molar-refractivity contribution in [2.75, 3.05) is 12.3 Å². The molecule has 0 radical (unpaired) electrons. The van der Waals surface area contributed by atoms with Crippen molar-refractivity contribution in [3.63, 3.8) is 0 Å². The molecule has 1 rings (SSSR count). The molecule has 0 unspecified atom stereocenters. The van der Waals surface area contributed by atoms with Crippen LogP contribution >= 0.6 is 0 Å². The fraction of sp³-hybridized carbons (Fsp3) is 0.714. The average molecular weight is 266 g/mol. The lowest BCUT2D eigenvalue weighted by atomic mass is 10.1. The number of aromatic nitrogens is 2. The average Bonchev–Trinajstić information content (AvgIpc) is 2.69. The number of H-pyrrole nitrogens is 1. The molecule has 1 aromatic heterocycles. The number of amides is 1. The third-order valence-corrected chi connectivity index (χ3v) is 3.40. The normalized spacial score (nSPS) is 11.3. The molecular weight excluding hydrogens is 240 g/mol. The lowest BCUT2D eigenvalue weighted by Gasteiger charge is -2.31. The van der Waals surface area contributed by atoms with Crippen molar-refractivity contribution in [2.24, 2.45) is 5.92 Å². The zero-order valence-corrected chi connectivity index (χ0v) is 12.7. The topological polar surface area (TPSA) is 75.0 Å². The molecule has 1 aromatic rings. The summed E-state index contributed by atoms with van der Waals surface area (Å²) in [5.74, 6) is 0.357. The fourth-order valence-corrected chi connectivity index (χ4v) is 2.26. The van der Waals surface area contributed by atoms with Crippen LogP contribution < -0.4 is 5.73 Å². The molecule has 0 aliphatic heterocycles. The Bertz CT molecular complexity index is 421. The maximum absolute atomic E-state index is 12.6. The van der Waals surface area contributed by atoms with Crippen molar-refractivity contribution in [1.29, 1.82) is 0 Å². The molecule has 1 heterocycles. The minimum Gasteiger partial charge on any atom is -0.395 e. The van der Waals surface area contributed by atoms with Crippen molar-refractivity contribution >= 4 is 11.6 Å². The first-order valence-corrected chi connectivity index (χ1v) is 7.03. The minimum absolute atomic E-state index is 0.0655. The minimum atomic E-state index is -0.0655. The van der Waals surface area contributed by atoms with Gasteiger partial charge < -0.3 is 10.6 Å². The molecule has 108 valence electrons. The zero-order chi connectivity index (χ0) is 14.6. The maximum Gasteiger partial charge on any atom is 0.276 e. The Morgan fingerprint density at radius 1 is 1.37 bits per heavy atom. The van der Waals surface area contributed by atoms with Crippen LogP contribution in [0.1, 0.15) is 56.7 Å². The number of hydrogen-bond donors (Lipinski definition) is 2. The Balaban J connectivity index is 3.03. The molecule has 0 saturated heterocycles. The van der Waals surface area contributed by atoms with Crippen molar-refractivity contribution in [3.8, 4) is 0 Å². The number of aryl methyl sites for hydroxylation is 1. The molecular formula is C14H26N4O. The number of carbonyl (C=O) groups is 1. The second kappa shape index (κ2) is 6.59. The predicted octanol–water partition coefficient (Wildman–Crippen LogP) is 2.59. The van der Waals surface area contributed by atoms with Gasteiger partial charge in [0.1, 0.15) is 0 Å². The van der Waals surface area contributed by atoms with Crippen LogP contribution in [0.25, 0.3) is 0 Å². The van der Waals surface area contributed by atoms with Gasteiger partial charge in [-0.2, -0.15) is 5.10 Å². The molecule has 19 heavy (non-hydrogen) atoms. The van der Waals surface area contributed by atoms with Gasteiger partial charge in [-0.3, -0.25) is 9.89 Å². The Kier molecular flexibility index (Phi) is 5.39. The summed E-state index contributed by atoms with van der Waals surface area (Å²) in [6.07, 6.45) is 1.89. The van der Waals surface area contributed by atoms with Crippen LogP contribution in [0.3, 0.4) is 0 Å². The van der Waals surface area contributed by atoms with Crippen LogP contribution in [0, 0.1) is 12.8 Å². The Hall–Kier alpha value is -1.52. The first-order valence-electron chi connectivity index (χ1n) is 7.03. The van der Waals surface area contributed by atoms with E-state index in [0.717, 1.165) is 25.1 Å². The van der Waals surface area contributed by atoms with Gasteiger partial charge in [0.2, 0.25) is 0 Å². The van der Waals surface area contributed by atoms with Gasteiger partial charge in [0.25, 0.3) is 5.91 Å². The zero-order valence-electron chi connectivity index (χ0n) is 12.7. The monoisotopic (exact) mass is 266 g/mol. The van der Waals surface area contributed by atoms with E-state index in [1.54, 1.807) is 0 Å². The SMILES string of the molecule is CCC(CC)N(CC(C)C)C(=O)c1n[nH]c(C)c1N. The number of nitrogens with one attached hydrogen (secondary N) is 1. The number of nitrogens with two attached hydrogens (primary N) is 1. The summed E-state index contributed by atoms with van der Waals surface area (Å²) in [6, 6.07) is 0.242. The quantitative estimate of drug-likeness (QED) is 0.831. The van der Waals surface area contributed by atoms with E-state index in [1.165, 1.54) is 0 Å². The highest BCUT2D eigenvalue weighted by molar-refractivity contribution is 5.97. The second-order valence-electron chi connectivity index (χ2n) is 5.43. The predicted molar refractivity (Wildman–Crippen MR) is 78.0 cm³/mol. The Labute approximate surface area is 115 Å². The van der Waals surface area contributed by atoms with E-state index in [1.807, 2.05) is 11.8 Å².